The smallest absolute Gasteiger partial charge is 0.161 e. The van der Waals surface area contributed by atoms with Crippen LogP contribution in [0, 0.1) is 11.6 Å². The van der Waals surface area contributed by atoms with Gasteiger partial charge in [-0.3, -0.25) is 4.99 Å². The third-order valence-corrected chi connectivity index (χ3v) is 3.75. The highest BCUT2D eigenvalue weighted by Gasteiger charge is 2.19. The number of hydrogen-bond acceptors (Lipinski definition) is 3. The summed E-state index contributed by atoms with van der Waals surface area (Å²) < 4.78 is 26.3. The van der Waals surface area contributed by atoms with Gasteiger partial charge in [0.05, 0.1) is 16.8 Å². The van der Waals surface area contributed by atoms with Gasteiger partial charge in [-0.25, -0.2) is 8.78 Å². The predicted octanol–water partition coefficient (Wildman–Crippen LogP) is 3.91. The lowest BCUT2D eigenvalue weighted by molar-refractivity contribution is 0.586. The zero-order valence-electron chi connectivity index (χ0n) is 9.14. The summed E-state index contributed by atoms with van der Waals surface area (Å²) >= 11 is 7.29. The van der Waals surface area contributed by atoms with Crippen molar-refractivity contribution in [1.82, 2.24) is 0 Å². The van der Waals surface area contributed by atoms with E-state index >= 15 is 0 Å². The van der Waals surface area contributed by atoms with Crippen LogP contribution in [-0.4, -0.2) is 17.0 Å². The van der Waals surface area contributed by atoms with Crippen LogP contribution in [0.15, 0.2) is 17.1 Å². The number of aliphatic imine (C=N–C) groups is 1. The van der Waals surface area contributed by atoms with E-state index in [4.69, 9.17) is 11.6 Å². The van der Waals surface area contributed by atoms with Crippen LogP contribution in [0.25, 0.3) is 0 Å². The maximum atomic E-state index is 13.5. The van der Waals surface area contributed by atoms with Gasteiger partial charge in [0, 0.05) is 11.8 Å². The van der Waals surface area contributed by atoms with Crippen LogP contribution in [0.1, 0.15) is 13.3 Å². The number of amidine groups is 1. The fourth-order valence-corrected chi connectivity index (χ4v) is 2.76. The van der Waals surface area contributed by atoms with Crippen LogP contribution < -0.4 is 5.32 Å². The minimum atomic E-state index is -0.710. The first-order valence-electron chi connectivity index (χ1n) is 5.22. The van der Waals surface area contributed by atoms with Crippen LogP contribution >= 0.6 is 23.4 Å². The Morgan fingerprint density at radius 3 is 2.88 bits per heavy atom. The largest absolute Gasteiger partial charge is 0.331 e. The molecule has 1 heterocycles. The summed E-state index contributed by atoms with van der Waals surface area (Å²) in [5.74, 6) is -0.525. The Morgan fingerprint density at radius 1 is 1.53 bits per heavy atom. The Labute approximate surface area is 107 Å². The molecule has 0 saturated carbocycles. The summed E-state index contributed by atoms with van der Waals surface area (Å²) in [4.78, 5) is 4.36. The second-order valence-corrected chi connectivity index (χ2v) is 5.09. The van der Waals surface area contributed by atoms with E-state index < -0.39 is 11.6 Å². The van der Waals surface area contributed by atoms with Gasteiger partial charge in [0.15, 0.2) is 11.0 Å². The normalized spacial score (nSPS) is 19.3. The molecule has 0 radical (unpaired) electrons. The van der Waals surface area contributed by atoms with Gasteiger partial charge in [-0.2, -0.15) is 0 Å². The van der Waals surface area contributed by atoms with Crippen molar-refractivity contribution in [2.75, 3.05) is 11.1 Å². The van der Waals surface area contributed by atoms with Crippen molar-refractivity contribution in [3.05, 3.63) is 28.8 Å². The minimum Gasteiger partial charge on any atom is -0.331 e. The molecule has 92 valence electrons. The highest BCUT2D eigenvalue weighted by Crippen LogP contribution is 2.29. The molecular weight excluding hydrogens is 266 g/mol. The number of nitrogens with one attached hydrogen (secondary N) is 1. The molecule has 0 aliphatic carbocycles. The molecule has 2 nitrogen and oxygen atoms in total. The van der Waals surface area contributed by atoms with Crippen molar-refractivity contribution in [2.24, 2.45) is 4.99 Å². The standard InChI is InChI=1S/C11H11ClF2N2S/c1-2-7-5-17-11(15-7)16-10-8(12)3-6(13)4-9(10)14/h3-4,7H,2,5H2,1H3,(H,15,16). The van der Waals surface area contributed by atoms with Crippen molar-refractivity contribution >= 4 is 34.2 Å². The first-order valence-corrected chi connectivity index (χ1v) is 6.58. The number of benzene rings is 1. The lowest BCUT2D eigenvalue weighted by Gasteiger charge is -2.08. The molecule has 1 N–H and O–H groups in total. The summed E-state index contributed by atoms with van der Waals surface area (Å²) in [7, 11) is 0. The van der Waals surface area contributed by atoms with Gasteiger partial charge in [-0.15, -0.1) is 0 Å². The van der Waals surface area contributed by atoms with Crippen LogP contribution in [0.5, 0.6) is 0 Å². The molecule has 1 aliphatic heterocycles. The molecule has 6 heteroatoms. The van der Waals surface area contributed by atoms with Crippen LogP contribution in [-0.2, 0) is 0 Å². The molecule has 1 aromatic rings. The molecule has 1 aliphatic rings. The fourth-order valence-electron chi connectivity index (χ4n) is 1.46. The Kier molecular flexibility index (Phi) is 3.89. The van der Waals surface area contributed by atoms with Gasteiger partial charge in [-0.05, 0) is 12.5 Å². The van der Waals surface area contributed by atoms with E-state index in [9.17, 15) is 8.78 Å². The van der Waals surface area contributed by atoms with E-state index in [0.717, 1.165) is 24.3 Å². The molecule has 0 aromatic heterocycles. The first kappa shape index (κ1) is 12.6. The van der Waals surface area contributed by atoms with E-state index in [1.165, 1.54) is 11.8 Å². The van der Waals surface area contributed by atoms with Crippen molar-refractivity contribution < 1.29 is 8.78 Å². The molecule has 1 unspecified atom stereocenters. The predicted molar refractivity (Wildman–Crippen MR) is 69.0 cm³/mol. The number of nitrogens with zero attached hydrogens (tertiary/aromatic N) is 1. The molecule has 1 aromatic carbocycles. The van der Waals surface area contributed by atoms with Crippen molar-refractivity contribution in [2.45, 2.75) is 19.4 Å². The van der Waals surface area contributed by atoms with E-state index in [2.05, 4.69) is 10.3 Å². The Morgan fingerprint density at radius 2 is 2.29 bits per heavy atom. The molecule has 2 rings (SSSR count). The zero-order chi connectivity index (χ0) is 12.4. The van der Waals surface area contributed by atoms with Crippen molar-refractivity contribution in [1.29, 1.82) is 0 Å². The van der Waals surface area contributed by atoms with Crippen LogP contribution in [0.2, 0.25) is 5.02 Å². The zero-order valence-corrected chi connectivity index (χ0v) is 10.7. The summed E-state index contributed by atoms with van der Waals surface area (Å²) in [6.45, 7) is 2.04. The summed E-state index contributed by atoms with van der Waals surface area (Å²) in [5, 5.41) is 3.46. The maximum absolute atomic E-state index is 13.5. The number of hydrogen-bond donors (Lipinski definition) is 1. The van der Waals surface area contributed by atoms with Crippen LogP contribution in [0.3, 0.4) is 0 Å². The van der Waals surface area contributed by atoms with E-state index in [1.54, 1.807) is 0 Å². The molecule has 0 amide bonds. The molecule has 1 atom stereocenters. The summed E-state index contributed by atoms with van der Waals surface area (Å²) in [6.07, 6.45) is 0.942. The summed E-state index contributed by atoms with van der Waals surface area (Å²) in [6, 6.07) is 2.13. The maximum Gasteiger partial charge on any atom is 0.161 e. The molecule has 17 heavy (non-hydrogen) atoms. The van der Waals surface area contributed by atoms with Gasteiger partial charge in [0.1, 0.15) is 5.82 Å². The number of anilines is 1. The van der Waals surface area contributed by atoms with E-state index in [0.29, 0.717) is 5.17 Å². The lowest BCUT2D eigenvalue weighted by Crippen LogP contribution is -2.08. The van der Waals surface area contributed by atoms with Gasteiger partial charge in [0.25, 0.3) is 0 Å². The molecular formula is C11H11ClF2N2S. The first-order chi connectivity index (χ1) is 8.10. The van der Waals surface area contributed by atoms with Gasteiger partial charge in [0.2, 0.25) is 0 Å². The quantitative estimate of drug-likeness (QED) is 0.886. The lowest BCUT2D eigenvalue weighted by atomic mass is 10.3. The van der Waals surface area contributed by atoms with E-state index in [1.807, 2.05) is 6.92 Å². The minimum absolute atomic E-state index is 0.0192. The fraction of sp³-hybridized carbons (Fsp3) is 0.364. The Hall–Kier alpha value is -0.810. The third-order valence-electron chi connectivity index (χ3n) is 2.42. The molecule has 0 saturated heterocycles. The molecule has 0 fully saturated rings. The Bertz CT molecular complexity index is 442. The van der Waals surface area contributed by atoms with Crippen molar-refractivity contribution in [3.63, 3.8) is 0 Å². The molecule has 0 bridgehead atoms. The second-order valence-electron chi connectivity index (χ2n) is 3.68. The Balaban J connectivity index is 2.20. The monoisotopic (exact) mass is 276 g/mol. The van der Waals surface area contributed by atoms with Crippen molar-refractivity contribution in [3.8, 4) is 0 Å². The average Bonchev–Trinajstić information content (AvgIpc) is 2.71. The van der Waals surface area contributed by atoms with Gasteiger partial charge < -0.3 is 5.32 Å². The number of rotatable bonds is 2. The highest BCUT2D eigenvalue weighted by molar-refractivity contribution is 8.14. The number of halogens is 3. The topological polar surface area (TPSA) is 24.4 Å². The second kappa shape index (κ2) is 5.23. The SMILES string of the molecule is CCC1CSC(Nc2c(F)cc(F)cc2Cl)=N1. The summed E-state index contributed by atoms with van der Waals surface area (Å²) in [5.41, 5.74) is 0.0797. The number of thioether (sulfide) groups is 1. The van der Waals surface area contributed by atoms with E-state index in [-0.39, 0.29) is 16.8 Å². The highest BCUT2D eigenvalue weighted by atomic mass is 35.5. The van der Waals surface area contributed by atoms with Gasteiger partial charge in [-0.1, -0.05) is 30.3 Å². The van der Waals surface area contributed by atoms with Crippen LogP contribution in [0.4, 0.5) is 14.5 Å². The molecule has 0 spiro atoms. The average molecular weight is 277 g/mol. The third kappa shape index (κ3) is 2.90. The van der Waals surface area contributed by atoms with Gasteiger partial charge >= 0.3 is 0 Å².